The minimum Gasteiger partial charge on any atom is -0.336 e. The van der Waals surface area contributed by atoms with E-state index >= 15 is 0 Å². The molecule has 3 rings (SSSR count). The number of carbonyl (C=O) groups is 1. The smallest absolute Gasteiger partial charge is 0.254 e. The first-order valence-corrected chi connectivity index (χ1v) is 6.96. The van der Waals surface area contributed by atoms with Gasteiger partial charge in [-0.15, -0.1) is 0 Å². The molecule has 0 N–H and O–H groups in total. The average molecular weight is 253 g/mol. The zero-order chi connectivity index (χ0) is 13.4. The van der Waals surface area contributed by atoms with E-state index in [0.29, 0.717) is 6.04 Å². The Morgan fingerprint density at radius 1 is 1.16 bits per heavy atom. The summed E-state index contributed by atoms with van der Waals surface area (Å²) in [6.45, 7) is 5.12. The highest BCUT2D eigenvalue weighted by atomic mass is 16.2. The van der Waals surface area contributed by atoms with Gasteiger partial charge in [0.15, 0.2) is 0 Å². The minimum atomic E-state index is 0.174. The lowest BCUT2D eigenvalue weighted by molar-refractivity contribution is 0.0747. The second-order valence-electron chi connectivity index (χ2n) is 5.56. The molecule has 1 atom stereocenters. The fourth-order valence-corrected chi connectivity index (χ4v) is 2.90. The SMILES string of the molecule is Cc1ccc2cc(C(=O)N3CCCC3C)ccc2c1. The van der Waals surface area contributed by atoms with Crippen molar-refractivity contribution >= 4 is 16.7 Å². The molecular formula is C17H19NO. The van der Waals surface area contributed by atoms with Crippen molar-refractivity contribution in [2.75, 3.05) is 6.54 Å². The third-order valence-electron chi connectivity index (χ3n) is 4.06. The predicted molar refractivity (Wildman–Crippen MR) is 78.4 cm³/mol. The summed E-state index contributed by atoms with van der Waals surface area (Å²) < 4.78 is 0. The van der Waals surface area contributed by atoms with Crippen molar-refractivity contribution in [1.82, 2.24) is 4.90 Å². The molecular weight excluding hydrogens is 234 g/mol. The van der Waals surface area contributed by atoms with Crippen molar-refractivity contribution in [2.24, 2.45) is 0 Å². The van der Waals surface area contributed by atoms with Crippen molar-refractivity contribution in [3.05, 3.63) is 47.5 Å². The van der Waals surface area contributed by atoms with Crippen LogP contribution in [0.15, 0.2) is 36.4 Å². The van der Waals surface area contributed by atoms with E-state index in [-0.39, 0.29) is 5.91 Å². The number of amides is 1. The topological polar surface area (TPSA) is 20.3 Å². The summed E-state index contributed by atoms with van der Waals surface area (Å²) in [6.07, 6.45) is 2.25. The quantitative estimate of drug-likeness (QED) is 0.757. The molecule has 1 heterocycles. The predicted octanol–water partition coefficient (Wildman–Crippen LogP) is 3.77. The molecule has 1 unspecified atom stereocenters. The summed E-state index contributed by atoms with van der Waals surface area (Å²) in [5.41, 5.74) is 2.06. The zero-order valence-corrected chi connectivity index (χ0v) is 11.5. The van der Waals surface area contributed by atoms with Crippen LogP contribution in [0.1, 0.15) is 35.7 Å². The van der Waals surface area contributed by atoms with E-state index in [1.165, 1.54) is 10.9 Å². The van der Waals surface area contributed by atoms with Gasteiger partial charge in [-0.1, -0.05) is 29.8 Å². The van der Waals surface area contributed by atoms with Crippen molar-refractivity contribution in [3.8, 4) is 0 Å². The van der Waals surface area contributed by atoms with Gasteiger partial charge in [0.2, 0.25) is 0 Å². The van der Waals surface area contributed by atoms with Crippen molar-refractivity contribution in [2.45, 2.75) is 32.7 Å². The molecule has 1 aliphatic rings. The van der Waals surface area contributed by atoms with Gasteiger partial charge in [0.25, 0.3) is 5.91 Å². The van der Waals surface area contributed by atoms with Gasteiger partial charge in [-0.2, -0.15) is 0 Å². The standard InChI is InChI=1S/C17H19NO/c1-12-5-6-15-11-16(8-7-14(15)10-12)17(19)18-9-3-4-13(18)2/h5-8,10-11,13H,3-4,9H2,1-2H3. The molecule has 1 aliphatic heterocycles. The molecule has 1 saturated heterocycles. The average Bonchev–Trinajstić information content (AvgIpc) is 2.83. The van der Waals surface area contributed by atoms with Crippen molar-refractivity contribution in [3.63, 3.8) is 0 Å². The van der Waals surface area contributed by atoms with E-state index in [1.807, 2.05) is 17.0 Å². The summed E-state index contributed by atoms with van der Waals surface area (Å²) in [5, 5.41) is 2.34. The summed E-state index contributed by atoms with van der Waals surface area (Å²) in [4.78, 5) is 14.5. The molecule has 1 fully saturated rings. The molecule has 0 aromatic heterocycles. The molecule has 0 radical (unpaired) electrons. The summed E-state index contributed by atoms with van der Waals surface area (Å²) >= 11 is 0. The molecule has 2 nitrogen and oxygen atoms in total. The Balaban J connectivity index is 1.97. The van der Waals surface area contributed by atoms with Crippen LogP contribution in [-0.2, 0) is 0 Å². The van der Waals surface area contributed by atoms with Gasteiger partial charge in [0.05, 0.1) is 0 Å². The molecule has 19 heavy (non-hydrogen) atoms. The highest BCUT2D eigenvalue weighted by Gasteiger charge is 2.25. The van der Waals surface area contributed by atoms with Gasteiger partial charge in [-0.3, -0.25) is 4.79 Å². The lowest BCUT2D eigenvalue weighted by atomic mass is 10.0. The van der Waals surface area contributed by atoms with Gasteiger partial charge < -0.3 is 4.90 Å². The first kappa shape index (κ1) is 12.2. The molecule has 0 spiro atoms. The second kappa shape index (κ2) is 4.69. The number of hydrogen-bond acceptors (Lipinski definition) is 1. The Morgan fingerprint density at radius 2 is 1.89 bits per heavy atom. The number of rotatable bonds is 1. The third kappa shape index (κ3) is 2.23. The molecule has 0 bridgehead atoms. The number of aryl methyl sites for hydroxylation is 1. The van der Waals surface area contributed by atoms with Gasteiger partial charge in [-0.25, -0.2) is 0 Å². The van der Waals surface area contributed by atoms with E-state index in [4.69, 9.17) is 0 Å². The van der Waals surface area contributed by atoms with Gasteiger partial charge in [0.1, 0.15) is 0 Å². The summed E-state index contributed by atoms with van der Waals surface area (Å²) in [5.74, 6) is 0.174. The van der Waals surface area contributed by atoms with E-state index < -0.39 is 0 Å². The lowest BCUT2D eigenvalue weighted by Crippen LogP contribution is -2.33. The number of fused-ring (bicyclic) bond motifs is 1. The van der Waals surface area contributed by atoms with Crippen LogP contribution < -0.4 is 0 Å². The van der Waals surface area contributed by atoms with Gasteiger partial charge >= 0.3 is 0 Å². The maximum Gasteiger partial charge on any atom is 0.254 e. The monoisotopic (exact) mass is 253 g/mol. The largest absolute Gasteiger partial charge is 0.336 e. The summed E-state index contributed by atoms with van der Waals surface area (Å²) in [7, 11) is 0. The highest BCUT2D eigenvalue weighted by Crippen LogP contribution is 2.22. The van der Waals surface area contributed by atoms with Crippen LogP contribution in [0.4, 0.5) is 0 Å². The number of nitrogens with zero attached hydrogens (tertiary/aromatic N) is 1. The van der Waals surface area contributed by atoms with Gasteiger partial charge in [-0.05, 0) is 49.6 Å². The van der Waals surface area contributed by atoms with Crippen LogP contribution in [0.3, 0.4) is 0 Å². The number of carbonyl (C=O) groups excluding carboxylic acids is 1. The number of likely N-dealkylation sites (tertiary alicyclic amines) is 1. The van der Waals surface area contributed by atoms with Crippen LogP contribution in [0.5, 0.6) is 0 Å². The molecule has 2 aromatic carbocycles. The molecule has 2 heteroatoms. The lowest BCUT2D eigenvalue weighted by Gasteiger charge is -2.21. The Kier molecular flexibility index (Phi) is 3.02. The third-order valence-corrected chi connectivity index (χ3v) is 4.06. The maximum absolute atomic E-state index is 12.5. The van der Waals surface area contributed by atoms with Crippen LogP contribution in [0.25, 0.3) is 10.8 Å². The van der Waals surface area contributed by atoms with E-state index in [2.05, 4.69) is 38.1 Å². The van der Waals surface area contributed by atoms with Crippen LogP contribution >= 0.6 is 0 Å². The zero-order valence-electron chi connectivity index (χ0n) is 11.5. The van der Waals surface area contributed by atoms with E-state index in [0.717, 1.165) is 30.3 Å². The van der Waals surface area contributed by atoms with E-state index in [1.54, 1.807) is 0 Å². The van der Waals surface area contributed by atoms with E-state index in [9.17, 15) is 4.79 Å². The molecule has 0 saturated carbocycles. The van der Waals surface area contributed by atoms with Crippen LogP contribution in [0, 0.1) is 6.92 Å². The second-order valence-corrected chi connectivity index (χ2v) is 5.56. The van der Waals surface area contributed by atoms with Gasteiger partial charge in [0, 0.05) is 18.2 Å². The maximum atomic E-state index is 12.5. The Hall–Kier alpha value is -1.83. The molecule has 2 aromatic rings. The Morgan fingerprint density at radius 3 is 2.63 bits per heavy atom. The van der Waals surface area contributed by atoms with Crippen LogP contribution in [0.2, 0.25) is 0 Å². The number of hydrogen-bond donors (Lipinski definition) is 0. The Labute approximate surface area is 114 Å². The number of benzene rings is 2. The Bertz CT molecular complexity index is 632. The highest BCUT2D eigenvalue weighted by molar-refractivity contribution is 5.99. The molecule has 0 aliphatic carbocycles. The van der Waals surface area contributed by atoms with Crippen molar-refractivity contribution < 1.29 is 4.79 Å². The summed E-state index contributed by atoms with van der Waals surface area (Å²) in [6, 6.07) is 12.7. The fraction of sp³-hybridized carbons (Fsp3) is 0.353. The van der Waals surface area contributed by atoms with Crippen molar-refractivity contribution in [1.29, 1.82) is 0 Å². The first-order valence-electron chi connectivity index (χ1n) is 6.96. The normalized spacial score (nSPS) is 19.1. The minimum absolute atomic E-state index is 0.174. The fourth-order valence-electron chi connectivity index (χ4n) is 2.90. The molecule has 1 amide bonds. The molecule has 98 valence electrons. The van der Waals surface area contributed by atoms with Crippen LogP contribution in [-0.4, -0.2) is 23.4 Å². The first-order chi connectivity index (χ1) is 9.15.